The second-order valence-corrected chi connectivity index (χ2v) is 7.76. The molecule has 0 saturated carbocycles. The SMILES string of the molecule is O=C(COC(=O)C(O)c1cc(Cl)cc(Cl)c1)NC1c2ccccc2-c2ccccc21. The summed E-state index contributed by atoms with van der Waals surface area (Å²) in [5, 5.41) is 13.6. The molecular formula is C23H17Cl2NO4. The first-order chi connectivity index (χ1) is 14.4. The van der Waals surface area contributed by atoms with Gasteiger partial charge in [-0.2, -0.15) is 0 Å². The number of aliphatic hydroxyl groups excluding tert-OH is 1. The van der Waals surface area contributed by atoms with Crippen molar-refractivity contribution in [2.45, 2.75) is 12.1 Å². The van der Waals surface area contributed by atoms with Gasteiger partial charge in [0.2, 0.25) is 0 Å². The van der Waals surface area contributed by atoms with E-state index in [4.69, 9.17) is 27.9 Å². The first-order valence-electron chi connectivity index (χ1n) is 9.22. The summed E-state index contributed by atoms with van der Waals surface area (Å²) in [5.41, 5.74) is 4.27. The van der Waals surface area contributed by atoms with Gasteiger partial charge in [-0.05, 0) is 46.0 Å². The van der Waals surface area contributed by atoms with Gasteiger partial charge in [-0.25, -0.2) is 4.79 Å². The number of esters is 1. The minimum absolute atomic E-state index is 0.191. The zero-order valence-electron chi connectivity index (χ0n) is 15.6. The standard InChI is InChI=1S/C23H17Cl2NO4/c24-14-9-13(10-15(25)11-14)22(28)23(29)30-12-20(27)26-21-18-7-3-1-5-16(18)17-6-2-4-8-19(17)21/h1-11,21-22,28H,12H2,(H,26,27). The average Bonchev–Trinajstić information content (AvgIpc) is 3.05. The zero-order valence-corrected chi connectivity index (χ0v) is 17.2. The van der Waals surface area contributed by atoms with Gasteiger partial charge in [-0.1, -0.05) is 71.7 Å². The number of benzene rings is 3. The molecule has 3 aromatic rings. The van der Waals surface area contributed by atoms with E-state index in [1.165, 1.54) is 18.2 Å². The molecule has 152 valence electrons. The molecule has 0 bridgehead atoms. The Hall–Kier alpha value is -2.86. The number of fused-ring (bicyclic) bond motifs is 3. The molecule has 4 rings (SSSR count). The molecule has 0 radical (unpaired) electrons. The minimum Gasteiger partial charge on any atom is -0.453 e. The summed E-state index contributed by atoms with van der Waals surface area (Å²) in [7, 11) is 0. The lowest BCUT2D eigenvalue weighted by Gasteiger charge is -2.17. The number of ether oxygens (including phenoxy) is 1. The fourth-order valence-corrected chi connectivity index (χ4v) is 4.14. The summed E-state index contributed by atoms with van der Waals surface area (Å²) in [6, 6.07) is 19.6. The van der Waals surface area contributed by atoms with Crippen molar-refractivity contribution in [3.05, 3.63) is 93.5 Å². The van der Waals surface area contributed by atoms with Crippen LogP contribution in [-0.4, -0.2) is 23.6 Å². The van der Waals surface area contributed by atoms with E-state index in [-0.39, 0.29) is 21.7 Å². The molecule has 1 aliphatic carbocycles. The molecule has 0 aliphatic heterocycles. The highest BCUT2D eigenvalue weighted by Crippen LogP contribution is 2.42. The summed E-state index contributed by atoms with van der Waals surface area (Å²) in [6.07, 6.45) is -1.60. The number of carbonyl (C=O) groups excluding carboxylic acids is 2. The van der Waals surface area contributed by atoms with Gasteiger partial charge in [0.25, 0.3) is 5.91 Å². The molecular weight excluding hydrogens is 425 g/mol. The highest BCUT2D eigenvalue weighted by molar-refractivity contribution is 6.34. The second-order valence-electron chi connectivity index (χ2n) is 6.89. The van der Waals surface area contributed by atoms with Gasteiger partial charge in [0.05, 0.1) is 6.04 Å². The smallest absolute Gasteiger partial charge is 0.340 e. The van der Waals surface area contributed by atoms with Crippen LogP contribution in [0.5, 0.6) is 0 Å². The number of rotatable bonds is 5. The molecule has 1 atom stereocenters. The Morgan fingerprint density at radius 2 is 1.47 bits per heavy atom. The van der Waals surface area contributed by atoms with E-state index < -0.39 is 24.6 Å². The Balaban J connectivity index is 1.42. The van der Waals surface area contributed by atoms with Gasteiger partial charge in [-0.3, -0.25) is 4.79 Å². The first kappa shape index (κ1) is 20.4. The van der Waals surface area contributed by atoms with Crippen LogP contribution in [0.25, 0.3) is 11.1 Å². The maximum atomic E-state index is 12.5. The molecule has 5 nitrogen and oxygen atoms in total. The van der Waals surface area contributed by atoms with Crippen molar-refractivity contribution in [1.82, 2.24) is 5.32 Å². The number of carbonyl (C=O) groups is 2. The van der Waals surface area contributed by atoms with Crippen molar-refractivity contribution in [3.8, 4) is 11.1 Å². The summed E-state index contributed by atoms with van der Waals surface area (Å²) in [6.45, 7) is -0.523. The van der Waals surface area contributed by atoms with E-state index in [0.29, 0.717) is 0 Å². The summed E-state index contributed by atoms with van der Waals surface area (Å²) >= 11 is 11.8. The third kappa shape index (κ3) is 4.05. The maximum absolute atomic E-state index is 12.5. The Morgan fingerprint density at radius 3 is 2.03 bits per heavy atom. The van der Waals surface area contributed by atoms with Crippen LogP contribution in [-0.2, 0) is 14.3 Å². The van der Waals surface area contributed by atoms with E-state index in [0.717, 1.165) is 22.3 Å². The number of aliphatic hydroxyl groups is 1. The molecule has 0 heterocycles. The quantitative estimate of drug-likeness (QED) is 0.573. The lowest BCUT2D eigenvalue weighted by Crippen LogP contribution is -2.33. The van der Waals surface area contributed by atoms with Crippen LogP contribution < -0.4 is 5.32 Å². The van der Waals surface area contributed by atoms with Crippen molar-refractivity contribution in [2.24, 2.45) is 0 Å². The third-order valence-electron chi connectivity index (χ3n) is 4.91. The highest BCUT2D eigenvalue weighted by Gasteiger charge is 2.29. The van der Waals surface area contributed by atoms with Crippen molar-refractivity contribution in [2.75, 3.05) is 6.61 Å². The minimum atomic E-state index is -1.60. The Kier molecular flexibility index (Phi) is 5.77. The zero-order chi connectivity index (χ0) is 21.3. The molecule has 0 saturated heterocycles. The molecule has 30 heavy (non-hydrogen) atoms. The number of hydrogen-bond acceptors (Lipinski definition) is 4. The van der Waals surface area contributed by atoms with Crippen LogP contribution in [0, 0.1) is 0 Å². The van der Waals surface area contributed by atoms with Gasteiger partial charge in [0.1, 0.15) is 0 Å². The molecule has 0 aromatic heterocycles. The number of amides is 1. The van der Waals surface area contributed by atoms with Crippen LogP contribution in [0.2, 0.25) is 10.0 Å². The molecule has 0 fully saturated rings. The van der Waals surface area contributed by atoms with Crippen molar-refractivity contribution >= 4 is 35.1 Å². The van der Waals surface area contributed by atoms with Crippen LogP contribution in [0.1, 0.15) is 28.8 Å². The first-order valence-corrected chi connectivity index (χ1v) is 9.98. The lowest BCUT2D eigenvalue weighted by atomic mass is 10.1. The molecule has 1 amide bonds. The van der Waals surface area contributed by atoms with E-state index in [1.807, 2.05) is 48.5 Å². The maximum Gasteiger partial charge on any atom is 0.340 e. The number of halogens is 2. The van der Waals surface area contributed by atoms with Crippen molar-refractivity contribution in [1.29, 1.82) is 0 Å². The highest BCUT2D eigenvalue weighted by atomic mass is 35.5. The predicted molar refractivity (Wildman–Crippen MR) is 114 cm³/mol. The van der Waals surface area contributed by atoms with Crippen molar-refractivity contribution in [3.63, 3.8) is 0 Å². The summed E-state index contributed by atoms with van der Waals surface area (Å²) in [4.78, 5) is 24.6. The normalized spacial score (nSPS) is 13.3. The van der Waals surface area contributed by atoms with Gasteiger partial charge < -0.3 is 15.2 Å². The lowest BCUT2D eigenvalue weighted by molar-refractivity contribution is -0.157. The Bertz CT molecular complexity index is 1070. The fourth-order valence-electron chi connectivity index (χ4n) is 3.60. The largest absolute Gasteiger partial charge is 0.453 e. The van der Waals surface area contributed by atoms with E-state index in [1.54, 1.807) is 0 Å². The molecule has 0 spiro atoms. The van der Waals surface area contributed by atoms with Crippen molar-refractivity contribution < 1.29 is 19.4 Å². The van der Waals surface area contributed by atoms with Gasteiger partial charge >= 0.3 is 5.97 Å². The van der Waals surface area contributed by atoms with Crippen LogP contribution in [0.3, 0.4) is 0 Å². The van der Waals surface area contributed by atoms with E-state index in [2.05, 4.69) is 5.32 Å². The average molecular weight is 442 g/mol. The van der Waals surface area contributed by atoms with E-state index in [9.17, 15) is 14.7 Å². The number of hydrogen-bond donors (Lipinski definition) is 2. The fraction of sp³-hybridized carbons (Fsp3) is 0.130. The van der Waals surface area contributed by atoms with Gasteiger partial charge in [-0.15, -0.1) is 0 Å². The van der Waals surface area contributed by atoms with Crippen LogP contribution in [0.4, 0.5) is 0 Å². The summed E-state index contributed by atoms with van der Waals surface area (Å²) in [5.74, 6) is -1.44. The molecule has 3 aromatic carbocycles. The molecule has 7 heteroatoms. The third-order valence-corrected chi connectivity index (χ3v) is 5.34. The molecule has 2 N–H and O–H groups in total. The molecule has 1 aliphatic rings. The Morgan fingerprint density at radius 1 is 0.933 bits per heavy atom. The number of nitrogens with one attached hydrogen (secondary N) is 1. The summed E-state index contributed by atoms with van der Waals surface area (Å²) < 4.78 is 5.00. The molecule has 1 unspecified atom stereocenters. The predicted octanol–water partition coefficient (Wildman–Crippen LogP) is 4.46. The van der Waals surface area contributed by atoms with Gasteiger partial charge in [0.15, 0.2) is 12.7 Å². The van der Waals surface area contributed by atoms with E-state index >= 15 is 0 Å². The van der Waals surface area contributed by atoms with Gasteiger partial charge in [0, 0.05) is 10.0 Å². The monoisotopic (exact) mass is 441 g/mol. The topological polar surface area (TPSA) is 75.6 Å². The second kappa shape index (κ2) is 8.48. The van der Waals surface area contributed by atoms with Crippen LogP contribution in [0.15, 0.2) is 66.7 Å². The van der Waals surface area contributed by atoms with Crippen LogP contribution >= 0.6 is 23.2 Å². The Labute approximate surface area is 183 Å².